The maximum atomic E-state index is 9.66. The third-order valence-electron chi connectivity index (χ3n) is 1.41. The Morgan fingerprint density at radius 2 is 2.40 bits per heavy atom. The summed E-state index contributed by atoms with van der Waals surface area (Å²) in [4.78, 5) is 3.89. The molecule has 2 unspecified atom stereocenters. The molecule has 1 heterocycles. The van der Waals surface area contributed by atoms with Gasteiger partial charge in [-0.25, -0.2) is 4.98 Å². The summed E-state index contributed by atoms with van der Waals surface area (Å²) in [5.74, 6) is 0. The zero-order valence-corrected chi connectivity index (χ0v) is 10.1. The number of aliphatic hydroxyl groups is 2. The first-order valence-electron chi connectivity index (χ1n) is 4.20. The van der Waals surface area contributed by atoms with Crippen molar-refractivity contribution in [2.24, 2.45) is 0 Å². The summed E-state index contributed by atoms with van der Waals surface area (Å²) in [7, 11) is 0. The lowest BCUT2D eigenvalue weighted by molar-refractivity contribution is -0.0560. The highest BCUT2D eigenvalue weighted by Gasteiger charge is 2.22. The van der Waals surface area contributed by atoms with Gasteiger partial charge in [0, 0.05) is 11.6 Å². The van der Waals surface area contributed by atoms with Gasteiger partial charge in [-0.1, -0.05) is 11.3 Å². The fraction of sp³-hybridized carbons (Fsp3) is 0.625. The second-order valence-corrected chi connectivity index (χ2v) is 4.04. The molecule has 0 saturated heterocycles. The molecule has 0 aliphatic carbocycles. The minimum Gasteiger partial charge on any atom is -0.466 e. The fourth-order valence-electron chi connectivity index (χ4n) is 0.976. The van der Waals surface area contributed by atoms with Gasteiger partial charge in [0.1, 0.15) is 18.6 Å². The number of hydrogen-bond donors (Lipinski definition) is 3. The monoisotopic (exact) mass is 254 g/mol. The number of aromatic nitrogens is 1. The van der Waals surface area contributed by atoms with Crippen LogP contribution in [0.25, 0.3) is 0 Å². The van der Waals surface area contributed by atoms with Gasteiger partial charge < -0.3 is 14.9 Å². The lowest BCUT2D eigenvalue weighted by Crippen LogP contribution is -2.51. The predicted octanol–water partition coefficient (Wildman–Crippen LogP) is 0.580. The van der Waals surface area contributed by atoms with Gasteiger partial charge in [-0.15, -0.1) is 12.4 Å². The quantitative estimate of drug-likeness (QED) is 0.671. The summed E-state index contributed by atoms with van der Waals surface area (Å²) >= 11 is 1.35. The molecule has 5 nitrogen and oxygen atoms in total. The van der Waals surface area contributed by atoms with Gasteiger partial charge in [0.15, 0.2) is 0 Å². The summed E-state index contributed by atoms with van der Waals surface area (Å²) in [6.45, 7) is 3.08. The number of rotatable bonds is 5. The zero-order chi connectivity index (χ0) is 10.6. The Kier molecular flexibility index (Phi) is 6.07. The molecule has 0 radical (unpaired) electrons. The largest absolute Gasteiger partial charge is 0.466 e. The van der Waals surface area contributed by atoms with Crippen LogP contribution >= 0.6 is 23.7 Å². The molecule has 3 N–H and O–H groups in total. The van der Waals surface area contributed by atoms with Crippen LogP contribution in [0.3, 0.4) is 0 Å². The van der Waals surface area contributed by atoms with E-state index in [1.807, 2.05) is 0 Å². The molecule has 0 saturated carbocycles. The average Bonchev–Trinajstić information content (AvgIpc) is 2.50. The first kappa shape index (κ1) is 14.6. The molecule has 0 bridgehead atoms. The van der Waals surface area contributed by atoms with Crippen molar-refractivity contribution in [3.05, 3.63) is 11.6 Å². The molecule has 0 aromatic carbocycles. The standard InChI is InChI=1S/C8H14N2O3S.ClH/c1-6(11)10-8(2,12)5-13-7-9-3-4-14-7;/h3-4,6,10-12H,5H2,1-2H3;1H. The van der Waals surface area contributed by atoms with Gasteiger partial charge in [0.2, 0.25) is 0 Å². The maximum absolute atomic E-state index is 9.66. The normalized spacial score (nSPS) is 16.3. The van der Waals surface area contributed by atoms with Gasteiger partial charge in [-0.2, -0.15) is 0 Å². The molecule has 15 heavy (non-hydrogen) atoms. The van der Waals surface area contributed by atoms with Crippen molar-refractivity contribution in [2.75, 3.05) is 6.61 Å². The van der Waals surface area contributed by atoms with E-state index < -0.39 is 12.0 Å². The van der Waals surface area contributed by atoms with Crippen molar-refractivity contribution in [1.82, 2.24) is 10.3 Å². The van der Waals surface area contributed by atoms with E-state index in [-0.39, 0.29) is 19.0 Å². The molecule has 88 valence electrons. The molecular formula is C8H15ClN2O3S. The highest BCUT2D eigenvalue weighted by Crippen LogP contribution is 2.14. The minimum atomic E-state index is -1.26. The van der Waals surface area contributed by atoms with Crippen LogP contribution in [-0.4, -0.2) is 33.8 Å². The van der Waals surface area contributed by atoms with E-state index in [1.165, 1.54) is 25.2 Å². The Labute approximate surface area is 98.5 Å². The molecule has 0 aliphatic heterocycles. The fourth-order valence-corrected chi connectivity index (χ4v) is 1.46. The van der Waals surface area contributed by atoms with Crippen LogP contribution in [0.15, 0.2) is 11.6 Å². The topological polar surface area (TPSA) is 74.6 Å². The van der Waals surface area contributed by atoms with Gasteiger partial charge >= 0.3 is 0 Å². The van der Waals surface area contributed by atoms with Crippen LogP contribution in [0.2, 0.25) is 0 Å². The Morgan fingerprint density at radius 3 is 2.87 bits per heavy atom. The van der Waals surface area contributed by atoms with Crippen LogP contribution < -0.4 is 10.1 Å². The highest BCUT2D eigenvalue weighted by atomic mass is 35.5. The number of halogens is 1. The Morgan fingerprint density at radius 1 is 1.73 bits per heavy atom. The molecule has 1 aromatic rings. The van der Waals surface area contributed by atoms with Crippen LogP contribution in [0, 0.1) is 0 Å². The Hall–Kier alpha value is -0.400. The first-order chi connectivity index (χ1) is 6.49. The molecule has 7 heteroatoms. The Balaban J connectivity index is 0.00000196. The van der Waals surface area contributed by atoms with Crippen molar-refractivity contribution >= 4 is 23.7 Å². The molecule has 0 fully saturated rings. The van der Waals surface area contributed by atoms with E-state index in [0.717, 1.165) is 0 Å². The number of ether oxygens (including phenoxy) is 1. The number of nitrogens with zero attached hydrogens (tertiary/aromatic N) is 1. The van der Waals surface area contributed by atoms with Crippen molar-refractivity contribution in [3.8, 4) is 5.19 Å². The lowest BCUT2D eigenvalue weighted by atomic mass is 10.3. The minimum absolute atomic E-state index is 0. The van der Waals surface area contributed by atoms with E-state index in [4.69, 9.17) is 9.84 Å². The third-order valence-corrected chi connectivity index (χ3v) is 2.09. The first-order valence-corrected chi connectivity index (χ1v) is 5.08. The number of nitrogens with one attached hydrogen (secondary N) is 1. The van der Waals surface area contributed by atoms with Gasteiger partial charge in [-0.05, 0) is 13.8 Å². The molecule has 0 aliphatic rings. The zero-order valence-electron chi connectivity index (χ0n) is 8.51. The lowest BCUT2D eigenvalue weighted by Gasteiger charge is -2.25. The number of hydrogen-bond acceptors (Lipinski definition) is 6. The molecule has 0 spiro atoms. The molecule has 0 amide bonds. The third kappa shape index (κ3) is 5.91. The predicted molar refractivity (Wildman–Crippen MR) is 60.3 cm³/mol. The van der Waals surface area contributed by atoms with Gasteiger partial charge in [0.05, 0.1) is 0 Å². The Bertz CT molecular complexity index is 267. The summed E-state index contributed by atoms with van der Waals surface area (Å²) in [6, 6.07) is 0. The second-order valence-electron chi connectivity index (χ2n) is 3.18. The number of thiazole rings is 1. The SMILES string of the molecule is CC(O)NC(C)(O)COc1nccs1.Cl. The van der Waals surface area contributed by atoms with E-state index in [0.29, 0.717) is 5.19 Å². The van der Waals surface area contributed by atoms with E-state index >= 15 is 0 Å². The maximum Gasteiger partial charge on any atom is 0.273 e. The van der Waals surface area contributed by atoms with Gasteiger partial charge in [0.25, 0.3) is 5.19 Å². The van der Waals surface area contributed by atoms with Crippen molar-refractivity contribution in [3.63, 3.8) is 0 Å². The van der Waals surface area contributed by atoms with E-state index in [1.54, 1.807) is 11.6 Å². The molecule has 2 atom stereocenters. The van der Waals surface area contributed by atoms with Crippen LogP contribution in [0.5, 0.6) is 5.19 Å². The number of aliphatic hydroxyl groups excluding tert-OH is 1. The summed E-state index contributed by atoms with van der Waals surface area (Å²) < 4.78 is 5.20. The van der Waals surface area contributed by atoms with Crippen molar-refractivity contribution in [2.45, 2.75) is 25.8 Å². The van der Waals surface area contributed by atoms with E-state index in [9.17, 15) is 5.11 Å². The van der Waals surface area contributed by atoms with Crippen LogP contribution in [0.4, 0.5) is 0 Å². The summed E-state index contributed by atoms with van der Waals surface area (Å²) in [5, 5.41) is 23.5. The molecular weight excluding hydrogens is 240 g/mol. The smallest absolute Gasteiger partial charge is 0.273 e. The van der Waals surface area contributed by atoms with Crippen LogP contribution in [-0.2, 0) is 0 Å². The highest BCUT2D eigenvalue weighted by molar-refractivity contribution is 7.11. The molecule has 1 rings (SSSR count). The second kappa shape index (κ2) is 6.24. The average molecular weight is 255 g/mol. The van der Waals surface area contributed by atoms with Crippen molar-refractivity contribution < 1.29 is 14.9 Å². The van der Waals surface area contributed by atoms with Gasteiger partial charge in [-0.3, -0.25) is 5.32 Å². The van der Waals surface area contributed by atoms with Crippen LogP contribution in [0.1, 0.15) is 13.8 Å². The van der Waals surface area contributed by atoms with E-state index in [2.05, 4.69) is 10.3 Å². The summed E-state index contributed by atoms with van der Waals surface area (Å²) in [5.41, 5.74) is -1.26. The van der Waals surface area contributed by atoms with Crippen molar-refractivity contribution in [1.29, 1.82) is 0 Å². The molecule has 1 aromatic heterocycles. The summed E-state index contributed by atoms with van der Waals surface area (Å²) in [6.07, 6.45) is 0.835.